The lowest BCUT2D eigenvalue weighted by molar-refractivity contribution is -0.385. The molecular formula is C18H20ClN3O3. The Morgan fingerprint density at radius 1 is 1.16 bits per heavy atom. The van der Waals surface area contributed by atoms with Gasteiger partial charge in [0, 0.05) is 6.07 Å². The van der Waals surface area contributed by atoms with Crippen molar-refractivity contribution in [3.05, 3.63) is 63.5 Å². The van der Waals surface area contributed by atoms with Crippen molar-refractivity contribution < 1.29 is 9.66 Å². The van der Waals surface area contributed by atoms with E-state index in [1.54, 1.807) is 18.5 Å². The quantitative estimate of drug-likeness (QED) is 0.499. The first-order valence-electron chi connectivity index (χ1n) is 7.75. The molecule has 0 aliphatic rings. The molecule has 2 aromatic carbocycles. The van der Waals surface area contributed by atoms with Gasteiger partial charge in [0.15, 0.2) is 5.75 Å². The van der Waals surface area contributed by atoms with E-state index in [4.69, 9.17) is 4.74 Å². The van der Waals surface area contributed by atoms with Gasteiger partial charge in [-0.2, -0.15) is 0 Å². The summed E-state index contributed by atoms with van der Waals surface area (Å²) in [5.74, 6) is 0.302. The van der Waals surface area contributed by atoms with Gasteiger partial charge in [-0.25, -0.2) is 4.98 Å². The minimum absolute atomic E-state index is 0. The zero-order valence-electron chi connectivity index (χ0n) is 14.4. The van der Waals surface area contributed by atoms with Gasteiger partial charge in [0.25, 0.3) is 0 Å². The Kier molecular flexibility index (Phi) is 5.64. The molecule has 0 spiro atoms. The highest BCUT2D eigenvalue weighted by Crippen LogP contribution is 2.27. The van der Waals surface area contributed by atoms with E-state index in [0.29, 0.717) is 18.9 Å². The molecular weight excluding hydrogens is 342 g/mol. The zero-order valence-corrected chi connectivity index (χ0v) is 15.2. The Labute approximate surface area is 152 Å². The van der Waals surface area contributed by atoms with Crippen LogP contribution in [0.4, 0.5) is 5.69 Å². The molecule has 0 amide bonds. The summed E-state index contributed by atoms with van der Waals surface area (Å²) in [5.41, 5.74) is 5.32. The molecule has 7 heteroatoms. The number of aromatic nitrogens is 2. The zero-order chi connectivity index (χ0) is 17.3. The molecule has 3 rings (SSSR count). The summed E-state index contributed by atoms with van der Waals surface area (Å²) in [7, 11) is 0. The molecule has 3 aromatic rings. The molecule has 0 N–H and O–H groups in total. The second-order valence-corrected chi connectivity index (χ2v) is 5.94. The fourth-order valence-electron chi connectivity index (χ4n) is 2.63. The van der Waals surface area contributed by atoms with Crippen LogP contribution in [0.2, 0.25) is 0 Å². The predicted molar refractivity (Wildman–Crippen MR) is 99.8 cm³/mol. The second kappa shape index (κ2) is 7.53. The predicted octanol–water partition coefficient (Wildman–Crippen LogP) is 4.37. The van der Waals surface area contributed by atoms with Gasteiger partial charge < -0.3 is 9.30 Å². The molecule has 0 aliphatic heterocycles. The lowest BCUT2D eigenvalue weighted by Gasteiger charge is -2.09. The van der Waals surface area contributed by atoms with E-state index < -0.39 is 4.92 Å². The highest BCUT2D eigenvalue weighted by molar-refractivity contribution is 5.85. The van der Waals surface area contributed by atoms with Gasteiger partial charge in [0.1, 0.15) is 6.61 Å². The molecule has 1 heterocycles. The van der Waals surface area contributed by atoms with Gasteiger partial charge in [-0.15, -0.1) is 12.4 Å². The van der Waals surface area contributed by atoms with E-state index in [-0.39, 0.29) is 18.1 Å². The van der Waals surface area contributed by atoms with Crippen LogP contribution in [0, 0.1) is 30.9 Å². The summed E-state index contributed by atoms with van der Waals surface area (Å²) in [6.07, 6.45) is 1.78. The minimum Gasteiger partial charge on any atom is -0.485 e. The van der Waals surface area contributed by atoms with Crippen molar-refractivity contribution in [2.45, 2.75) is 27.3 Å². The fraction of sp³-hybridized carbons (Fsp3) is 0.278. The topological polar surface area (TPSA) is 70.2 Å². The van der Waals surface area contributed by atoms with E-state index >= 15 is 0 Å². The van der Waals surface area contributed by atoms with Gasteiger partial charge in [-0.1, -0.05) is 6.07 Å². The lowest BCUT2D eigenvalue weighted by atomic mass is 10.1. The highest BCUT2D eigenvalue weighted by Gasteiger charge is 2.15. The van der Waals surface area contributed by atoms with Crippen LogP contribution in [-0.4, -0.2) is 21.1 Å². The Morgan fingerprint density at radius 3 is 2.60 bits per heavy atom. The van der Waals surface area contributed by atoms with Crippen LogP contribution in [0.1, 0.15) is 16.7 Å². The van der Waals surface area contributed by atoms with Crippen molar-refractivity contribution in [3.8, 4) is 5.75 Å². The van der Waals surface area contributed by atoms with E-state index in [0.717, 1.165) is 16.6 Å². The van der Waals surface area contributed by atoms with Crippen molar-refractivity contribution in [1.29, 1.82) is 0 Å². The SMILES string of the molecule is Cc1ccc([N+](=O)[O-])c(OCCn2cnc3cc(C)c(C)cc32)c1.Cl. The summed E-state index contributed by atoms with van der Waals surface area (Å²) >= 11 is 0. The molecule has 0 saturated carbocycles. The number of nitro groups is 1. The lowest BCUT2D eigenvalue weighted by Crippen LogP contribution is -2.08. The average molecular weight is 362 g/mol. The maximum Gasteiger partial charge on any atom is 0.310 e. The number of halogens is 1. The maximum absolute atomic E-state index is 11.1. The van der Waals surface area contributed by atoms with Crippen LogP contribution < -0.4 is 4.74 Å². The third-order valence-corrected chi connectivity index (χ3v) is 4.14. The van der Waals surface area contributed by atoms with Crippen molar-refractivity contribution >= 4 is 29.1 Å². The summed E-state index contributed by atoms with van der Waals surface area (Å²) in [4.78, 5) is 15.1. The molecule has 0 radical (unpaired) electrons. The summed E-state index contributed by atoms with van der Waals surface area (Å²) < 4.78 is 7.67. The van der Waals surface area contributed by atoms with Crippen molar-refractivity contribution in [1.82, 2.24) is 9.55 Å². The van der Waals surface area contributed by atoms with E-state index in [1.165, 1.54) is 17.2 Å². The van der Waals surface area contributed by atoms with Gasteiger partial charge >= 0.3 is 5.69 Å². The average Bonchev–Trinajstić information content (AvgIpc) is 2.90. The van der Waals surface area contributed by atoms with Crippen molar-refractivity contribution in [2.24, 2.45) is 0 Å². The number of hydrogen-bond acceptors (Lipinski definition) is 4. The third-order valence-electron chi connectivity index (χ3n) is 4.14. The van der Waals surface area contributed by atoms with E-state index in [2.05, 4.69) is 31.0 Å². The van der Waals surface area contributed by atoms with E-state index in [9.17, 15) is 10.1 Å². The normalized spacial score (nSPS) is 10.5. The molecule has 0 aliphatic carbocycles. The summed E-state index contributed by atoms with van der Waals surface area (Å²) in [5, 5.41) is 11.1. The number of hydrogen-bond donors (Lipinski definition) is 0. The molecule has 0 bridgehead atoms. The van der Waals surface area contributed by atoms with Crippen LogP contribution >= 0.6 is 12.4 Å². The standard InChI is InChI=1S/C18H19N3O3.ClH/c1-12-4-5-16(21(22)23)18(8-12)24-7-6-20-11-19-15-9-13(2)14(3)10-17(15)20;/h4-5,8-11H,6-7H2,1-3H3;1H. The van der Waals surface area contributed by atoms with Crippen LogP contribution in [0.15, 0.2) is 36.7 Å². The number of nitro benzene ring substituents is 1. The summed E-state index contributed by atoms with van der Waals surface area (Å²) in [6, 6.07) is 9.04. The van der Waals surface area contributed by atoms with Crippen LogP contribution in [-0.2, 0) is 6.54 Å². The summed E-state index contributed by atoms with van der Waals surface area (Å²) in [6.45, 7) is 6.92. The van der Waals surface area contributed by atoms with Gasteiger partial charge in [0.05, 0.1) is 28.8 Å². The number of imidazole rings is 1. The van der Waals surface area contributed by atoms with Crippen molar-refractivity contribution in [3.63, 3.8) is 0 Å². The smallest absolute Gasteiger partial charge is 0.310 e. The molecule has 0 unspecified atom stereocenters. The molecule has 0 atom stereocenters. The Hall–Kier alpha value is -2.60. The molecule has 0 saturated heterocycles. The Morgan fingerprint density at radius 2 is 1.88 bits per heavy atom. The molecule has 6 nitrogen and oxygen atoms in total. The number of rotatable bonds is 5. The fourth-order valence-corrected chi connectivity index (χ4v) is 2.63. The largest absolute Gasteiger partial charge is 0.485 e. The monoisotopic (exact) mass is 361 g/mol. The number of ether oxygens (including phenoxy) is 1. The molecule has 25 heavy (non-hydrogen) atoms. The second-order valence-electron chi connectivity index (χ2n) is 5.94. The van der Waals surface area contributed by atoms with Gasteiger partial charge in [0.2, 0.25) is 0 Å². The first kappa shape index (κ1) is 18.7. The minimum atomic E-state index is -0.423. The number of benzene rings is 2. The first-order chi connectivity index (χ1) is 11.5. The first-order valence-corrected chi connectivity index (χ1v) is 7.75. The number of aryl methyl sites for hydroxylation is 3. The van der Waals surface area contributed by atoms with Crippen LogP contribution in [0.5, 0.6) is 5.75 Å². The Bertz CT molecular complexity index is 921. The molecule has 0 fully saturated rings. The van der Waals surface area contributed by atoms with Crippen LogP contribution in [0.25, 0.3) is 11.0 Å². The molecule has 1 aromatic heterocycles. The maximum atomic E-state index is 11.1. The number of nitrogens with zero attached hydrogens (tertiary/aromatic N) is 3. The van der Waals surface area contributed by atoms with E-state index in [1.807, 2.05) is 11.5 Å². The molecule has 132 valence electrons. The van der Waals surface area contributed by atoms with Gasteiger partial charge in [-0.3, -0.25) is 10.1 Å². The van der Waals surface area contributed by atoms with Crippen LogP contribution in [0.3, 0.4) is 0 Å². The third kappa shape index (κ3) is 3.91. The highest BCUT2D eigenvalue weighted by atomic mass is 35.5. The number of fused-ring (bicyclic) bond motifs is 1. The van der Waals surface area contributed by atoms with Crippen molar-refractivity contribution in [2.75, 3.05) is 6.61 Å². The van der Waals surface area contributed by atoms with Gasteiger partial charge in [-0.05, 0) is 55.7 Å². The Balaban J connectivity index is 0.00000225.